The van der Waals surface area contributed by atoms with Gasteiger partial charge in [0.15, 0.2) is 11.6 Å². The van der Waals surface area contributed by atoms with Crippen molar-refractivity contribution >= 4 is 23.1 Å². The molecule has 2 aliphatic rings. The second-order valence-electron chi connectivity index (χ2n) is 7.31. The lowest BCUT2D eigenvalue weighted by Crippen LogP contribution is -2.26. The molecule has 2 aliphatic heterocycles. The van der Waals surface area contributed by atoms with Gasteiger partial charge in [-0.15, -0.1) is 0 Å². The van der Waals surface area contributed by atoms with Gasteiger partial charge in [0.1, 0.15) is 6.17 Å². The monoisotopic (exact) mass is 445 g/mol. The molecule has 4 heterocycles. The summed E-state index contributed by atoms with van der Waals surface area (Å²) in [5.74, 6) is -1.99. The number of allylic oxidation sites excluding steroid dienone is 1. The Hall–Kier alpha value is -4.40. The molecule has 0 fully saturated rings. The molecule has 1 unspecified atom stereocenters. The molecule has 0 aliphatic carbocycles. The number of rotatable bonds is 4. The number of nitrogens with one attached hydrogen (secondary N) is 1. The minimum atomic E-state index is -0.784. The molecule has 0 saturated carbocycles. The predicted molar refractivity (Wildman–Crippen MR) is 118 cm³/mol. The van der Waals surface area contributed by atoms with Crippen LogP contribution in [-0.4, -0.2) is 28.8 Å². The number of hydrogen-bond donors (Lipinski definition) is 1. The number of ether oxygens (including phenoxy) is 1. The van der Waals surface area contributed by atoms with Crippen LogP contribution in [0.15, 0.2) is 84.2 Å². The van der Waals surface area contributed by atoms with E-state index in [0.29, 0.717) is 22.7 Å². The SMILES string of the molecule is COC(=O)c1ccc(C2N=C3C=C(c4c(F)cncc4F)N(c4cccnc4)C=C3N2)cc1. The van der Waals surface area contributed by atoms with E-state index in [1.807, 2.05) is 0 Å². The number of esters is 1. The molecule has 0 spiro atoms. The summed E-state index contributed by atoms with van der Waals surface area (Å²) in [6, 6.07) is 10.4. The molecular formula is C24H17F2N5O2. The van der Waals surface area contributed by atoms with Gasteiger partial charge in [0.2, 0.25) is 0 Å². The van der Waals surface area contributed by atoms with Crippen molar-refractivity contribution in [1.82, 2.24) is 15.3 Å². The molecule has 0 bridgehead atoms. The normalized spacial score (nSPS) is 16.9. The van der Waals surface area contributed by atoms with Crippen LogP contribution in [0.25, 0.3) is 5.70 Å². The number of methoxy groups -OCH3 is 1. The van der Waals surface area contributed by atoms with Gasteiger partial charge in [-0.3, -0.25) is 15.0 Å². The minimum absolute atomic E-state index is 0.210. The van der Waals surface area contributed by atoms with Crippen LogP contribution in [0.3, 0.4) is 0 Å². The smallest absolute Gasteiger partial charge is 0.337 e. The molecule has 164 valence electrons. The number of pyridine rings is 2. The van der Waals surface area contributed by atoms with Crippen LogP contribution in [0.1, 0.15) is 27.7 Å². The highest BCUT2D eigenvalue weighted by molar-refractivity contribution is 6.16. The van der Waals surface area contributed by atoms with Crippen LogP contribution in [-0.2, 0) is 4.74 Å². The van der Waals surface area contributed by atoms with E-state index in [1.54, 1.807) is 66.0 Å². The third kappa shape index (κ3) is 3.73. The van der Waals surface area contributed by atoms with Crippen molar-refractivity contribution in [3.05, 3.63) is 107 Å². The number of fused-ring (bicyclic) bond motifs is 1. The summed E-state index contributed by atoms with van der Waals surface area (Å²) >= 11 is 0. The molecule has 9 heteroatoms. The second-order valence-corrected chi connectivity index (χ2v) is 7.31. The van der Waals surface area contributed by atoms with Gasteiger partial charge in [0, 0.05) is 12.4 Å². The van der Waals surface area contributed by atoms with Gasteiger partial charge in [-0.05, 0) is 35.9 Å². The minimum Gasteiger partial charge on any atom is -0.465 e. The van der Waals surface area contributed by atoms with Crippen LogP contribution in [0.4, 0.5) is 14.5 Å². The number of anilines is 1. The number of aliphatic imine (C=N–C) groups is 1. The number of benzene rings is 1. The summed E-state index contributed by atoms with van der Waals surface area (Å²) in [6.07, 6.45) is 8.08. The Morgan fingerprint density at radius 3 is 2.48 bits per heavy atom. The van der Waals surface area contributed by atoms with Gasteiger partial charge in [0.25, 0.3) is 0 Å². The first kappa shape index (κ1) is 20.5. The van der Waals surface area contributed by atoms with E-state index in [1.165, 1.54) is 7.11 Å². The van der Waals surface area contributed by atoms with Gasteiger partial charge in [0.05, 0.1) is 59.6 Å². The Kier molecular flexibility index (Phi) is 5.14. The van der Waals surface area contributed by atoms with Crippen molar-refractivity contribution in [2.45, 2.75) is 6.17 Å². The van der Waals surface area contributed by atoms with Crippen molar-refractivity contribution in [2.24, 2.45) is 4.99 Å². The van der Waals surface area contributed by atoms with Crippen LogP contribution in [0, 0.1) is 11.6 Å². The van der Waals surface area contributed by atoms with E-state index in [9.17, 15) is 13.6 Å². The summed E-state index contributed by atoms with van der Waals surface area (Å²) in [4.78, 5) is 25.7. The summed E-state index contributed by atoms with van der Waals surface area (Å²) in [5.41, 5.74) is 3.15. The number of nitrogens with zero attached hydrogens (tertiary/aromatic N) is 4. The van der Waals surface area contributed by atoms with E-state index >= 15 is 0 Å². The summed E-state index contributed by atoms with van der Waals surface area (Å²) < 4.78 is 34.0. The van der Waals surface area contributed by atoms with Gasteiger partial charge in [-0.25, -0.2) is 13.6 Å². The van der Waals surface area contributed by atoms with E-state index in [2.05, 4.69) is 20.3 Å². The Bertz CT molecular complexity index is 1300. The predicted octanol–water partition coefficient (Wildman–Crippen LogP) is 3.99. The van der Waals surface area contributed by atoms with Crippen LogP contribution in [0.5, 0.6) is 0 Å². The number of carbonyl (C=O) groups excluding carboxylic acids is 1. The van der Waals surface area contributed by atoms with Crippen molar-refractivity contribution < 1.29 is 18.3 Å². The van der Waals surface area contributed by atoms with Gasteiger partial charge >= 0.3 is 5.97 Å². The molecule has 1 atom stereocenters. The molecule has 33 heavy (non-hydrogen) atoms. The van der Waals surface area contributed by atoms with Crippen molar-refractivity contribution in [1.29, 1.82) is 0 Å². The molecule has 5 rings (SSSR count). The molecule has 0 radical (unpaired) electrons. The third-order valence-electron chi connectivity index (χ3n) is 5.31. The fourth-order valence-corrected chi connectivity index (χ4v) is 3.71. The fraction of sp³-hybridized carbons (Fsp3) is 0.0833. The van der Waals surface area contributed by atoms with E-state index in [-0.39, 0.29) is 11.3 Å². The molecule has 1 aromatic carbocycles. The molecular weight excluding hydrogens is 428 g/mol. The van der Waals surface area contributed by atoms with Crippen molar-refractivity contribution in [3.8, 4) is 0 Å². The number of halogens is 2. The van der Waals surface area contributed by atoms with E-state index < -0.39 is 23.8 Å². The van der Waals surface area contributed by atoms with E-state index in [0.717, 1.165) is 18.0 Å². The summed E-state index contributed by atoms with van der Waals surface area (Å²) in [5, 5.41) is 3.31. The first-order chi connectivity index (χ1) is 16.0. The quantitative estimate of drug-likeness (QED) is 0.612. The van der Waals surface area contributed by atoms with Crippen LogP contribution in [0.2, 0.25) is 0 Å². The lowest BCUT2D eigenvalue weighted by Gasteiger charge is -2.28. The molecule has 2 aromatic heterocycles. The fourth-order valence-electron chi connectivity index (χ4n) is 3.71. The maximum absolute atomic E-state index is 14.6. The summed E-state index contributed by atoms with van der Waals surface area (Å²) in [6.45, 7) is 0. The largest absolute Gasteiger partial charge is 0.465 e. The van der Waals surface area contributed by atoms with Crippen molar-refractivity contribution in [3.63, 3.8) is 0 Å². The zero-order valence-corrected chi connectivity index (χ0v) is 17.4. The zero-order valence-electron chi connectivity index (χ0n) is 17.4. The number of hydrogen-bond acceptors (Lipinski definition) is 7. The topological polar surface area (TPSA) is 79.7 Å². The second kappa shape index (κ2) is 8.27. The average molecular weight is 445 g/mol. The Morgan fingerprint density at radius 1 is 1.06 bits per heavy atom. The lowest BCUT2D eigenvalue weighted by molar-refractivity contribution is 0.0600. The van der Waals surface area contributed by atoms with Crippen LogP contribution < -0.4 is 10.2 Å². The average Bonchev–Trinajstić information content (AvgIpc) is 3.27. The molecule has 7 nitrogen and oxygen atoms in total. The maximum atomic E-state index is 14.6. The first-order valence-corrected chi connectivity index (χ1v) is 10.0. The lowest BCUT2D eigenvalue weighted by atomic mass is 10.0. The standard InChI is InChI=1S/C24H17F2N5O2/c1-33-24(32)15-6-4-14(5-7-15)23-29-19-9-21(22-17(25)11-28-12-18(22)26)31(13-20(19)30-23)16-3-2-8-27-10-16/h2-13,23,30H,1H3. The molecule has 1 N–H and O–H groups in total. The Labute approximate surface area is 187 Å². The van der Waals surface area contributed by atoms with Gasteiger partial charge in [-0.1, -0.05) is 12.1 Å². The highest BCUT2D eigenvalue weighted by atomic mass is 19.1. The van der Waals surface area contributed by atoms with Gasteiger partial charge in [-0.2, -0.15) is 0 Å². The van der Waals surface area contributed by atoms with E-state index in [4.69, 9.17) is 4.74 Å². The number of carbonyl (C=O) groups is 1. The molecule has 0 saturated heterocycles. The van der Waals surface area contributed by atoms with Crippen LogP contribution >= 0.6 is 0 Å². The first-order valence-electron chi connectivity index (χ1n) is 10.0. The van der Waals surface area contributed by atoms with Crippen molar-refractivity contribution in [2.75, 3.05) is 12.0 Å². The molecule has 3 aromatic rings. The number of aromatic nitrogens is 2. The Morgan fingerprint density at radius 2 is 1.82 bits per heavy atom. The molecule has 0 amide bonds. The zero-order chi connectivity index (χ0) is 22.9. The maximum Gasteiger partial charge on any atom is 0.337 e. The Balaban J connectivity index is 1.56. The van der Waals surface area contributed by atoms with Gasteiger partial charge < -0.3 is 15.0 Å². The highest BCUT2D eigenvalue weighted by Crippen LogP contribution is 2.35. The third-order valence-corrected chi connectivity index (χ3v) is 5.31. The highest BCUT2D eigenvalue weighted by Gasteiger charge is 2.30. The summed E-state index contributed by atoms with van der Waals surface area (Å²) in [7, 11) is 1.32.